The van der Waals surface area contributed by atoms with Crippen LogP contribution in [0.4, 0.5) is 5.82 Å². The largest absolute Gasteiger partial charge is 0.368 e. The van der Waals surface area contributed by atoms with Gasteiger partial charge < -0.3 is 19.1 Å². The average Bonchev–Trinajstić information content (AvgIpc) is 3.09. The summed E-state index contributed by atoms with van der Waals surface area (Å²) in [4.78, 5) is 29.5. The van der Waals surface area contributed by atoms with Gasteiger partial charge in [0.25, 0.3) is 0 Å². The van der Waals surface area contributed by atoms with Gasteiger partial charge in [0.05, 0.1) is 13.2 Å². The minimum absolute atomic E-state index is 0.0660. The summed E-state index contributed by atoms with van der Waals surface area (Å²) < 4.78 is 7.78. The van der Waals surface area contributed by atoms with E-state index < -0.39 is 0 Å². The first-order chi connectivity index (χ1) is 12.1. The molecule has 1 saturated heterocycles. The van der Waals surface area contributed by atoms with Crippen molar-refractivity contribution in [2.75, 3.05) is 38.7 Å². The van der Waals surface area contributed by atoms with Gasteiger partial charge in [-0.2, -0.15) is 0 Å². The Kier molecular flexibility index (Phi) is 5.28. The fourth-order valence-corrected chi connectivity index (χ4v) is 3.00. The number of aromatic nitrogens is 4. The molecule has 1 atom stereocenters. The average molecular weight is 344 g/mol. The van der Waals surface area contributed by atoms with Gasteiger partial charge in [-0.15, -0.1) is 0 Å². The Labute approximate surface area is 147 Å². The zero-order valence-electron chi connectivity index (χ0n) is 14.9. The fraction of sp³-hybridized carbons (Fsp3) is 0.529. The quantitative estimate of drug-likeness (QED) is 0.802. The fourth-order valence-electron chi connectivity index (χ4n) is 3.00. The first-order valence-electron chi connectivity index (χ1n) is 8.47. The lowest BCUT2D eigenvalue weighted by Crippen LogP contribution is -2.44. The molecule has 1 aliphatic heterocycles. The summed E-state index contributed by atoms with van der Waals surface area (Å²) in [5.74, 6) is 1.75. The number of imidazole rings is 1. The lowest BCUT2D eigenvalue weighted by Gasteiger charge is -2.33. The van der Waals surface area contributed by atoms with Crippen molar-refractivity contribution in [1.29, 1.82) is 0 Å². The van der Waals surface area contributed by atoms with E-state index in [1.165, 1.54) is 0 Å². The molecular formula is C17H24N6O2. The summed E-state index contributed by atoms with van der Waals surface area (Å²) >= 11 is 0. The van der Waals surface area contributed by atoms with E-state index in [1.54, 1.807) is 18.6 Å². The van der Waals surface area contributed by atoms with Gasteiger partial charge in [0.2, 0.25) is 5.91 Å². The lowest BCUT2D eigenvalue weighted by atomic mass is 10.2. The van der Waals surface area contributed by atoms with Gasteiger partial charge in [-0.25, -0.2) is 9.97 Å². The summed E-state index contributed by atoms with van der Waals surface area (Å²) in [6.07, 6.45) is 7.44. The Bertz CT molecular complexity index is 729. The summed E-state index contributed by atoms with van der Waals surface area (Å²) in [5, 5.41) is 0. The van der Waals surface area contributed by atoms with Crippen LogP contribution in [0.1, 0.15) is 24.5 Å². The van der Waals surface area contributed by atoms with Gasteiger partial charge in [-0.1, -0.05) is 6.92 Å². The predicted molar refractivity (Wildman–Crippen MR) is 93.2 cm³/mol. The van der Waals surface area contributed by atoms with Crippen molar-refractivity contribution >= 4 is 11.7 Å². The smallest absolute Gasteiger partial charge is 0.242 e. The van der Waals surface area contributed by atoms with E-state index >= 15 is 0 Å². The third kappa shape index (κ3) is 3.79. The molecule has 0 N–H and O–H groups in total. The number of carbonyl (C=O) groups excluding carboxylic acids is 1. The molecule has 2 aromatic heterocycles. The maximum Gasteiger partial charge on any atom is 0.242 e. The molecule has 0 bridgehead atoms. The van der Waals surface area contributed by atoms with E-state index in [0.29, 0.717) is 26.2 Å². The summed E-state index contributed by atoms with van der Waals surface area (Å²) in [6.45, 7) is 3.89. The van der Waals surface area contributed by atoms with Crippen molar-refractivity contribution in [3.8, 4) is 0 Å². The van der Waals surface area contributed by atoms with E-state index in [1.807, 2.05) is 41.6 Å². The molecule has 1 fully saturated rings. The number of aryl methyl sites for hydroxylation is 1. The second-order valence-electron chi connectivity index (χ2n) is 6.18. The standard InChI is InChI=1S/C17H24N6O2/c1-4-14-18-7-8-22(14)12-15(24)23-9-10-25-13(11-23)16-17(21(2)3)20-6-5-19-16/h5-8,13H,4,9-12H2,1-3H3/t13-/m1/s1. The van der Waals surface area contributed by atoms with Gasteiger partial charge in [0, 0.05) is 51.8 Å². The number of rotatable bonds is 5. The van der Waals surface area contributed by atoms with E-state index in [2.05, 4.69) is 15.0 Å². The number of nitrogens with zero attached hydrogens (tertiary/aromatic N) is 6. The summed E-state index contributed by atoms with van der Waals surface area (Å²) in [7, 11) is 3.84. The van der Waals surface area contributed by atoms with Crippen LogP contribution in [-0.4, -0.2) is 64.1 Å². The molecule has 8 nitrogen and oxygen atoms in total. The Morgan fingerprint density at radius 2 is 2.08 bits per heavy atom. The van der Waals surface area contributed by atoms with E-state index in [4.69, 9.17) is 4.74 Å². The highest BCUT2D eigenvalue weighted by Crippen LogP contribution is 2.26. The van der Waals surface area contributed by atoms with Crippen LogP contribution in [0, 0.1) is 0 Å². The number of ether oxygens (including phenoxy) is 1. The minimum atomic E-state index is -0.266. The number of carbonyl (C=O) groups is 1. The van der Waals surface area contributed by atoms with Crippen molar-refractivity contribution < 1.29 is 9.53 Å². The molecule has 0 spiro atoms. The third-order valence-electron chi connectivity index (χ3n) is 4.28. The van der Waals surface area contributed by atoms with Gasteiger partial charge in [0.15, 0.2) is 5.82 Å². The zero-order chi connectivity index (χ0) is 17.8. The molecule has 0 radical (unpaired) electrons. The molecule has 0 aromatic carbocycles. The zero-order valence-corrected chi connectivity index (χ0v) is 14.9. The first-order valence-corrected chi connectivity index (χ1v) is 8.47. The van der Waals surface area contributed by atoms with Crippen LogP contribution < -0.4 is 4.90 Å². The monoisotopic (exact) mass is 344 g/mol. The van der Waals surface area contributed by atoms with E-state index in [-0.39, 0.29) is 12.0 Å². The van der Waals surface area contributed by atoms with Crippen LogP contribution in [0.5, 0.6) is 0 Å². The Morgan fingerprint density at radius 1 is 1.28 bits per heavy atom. The highest BCUT2D eigenvalue weighted by Gasteiger charge is 2.29. The Hall–Kier alpha value is -2.48. The van der Waals surface area contributed by atoms with Crippen LogP contribution in [0.3, 0.4) is 0 Å². The van der Waals surface area contributed by atoms with Gasteiger partial charge in [-0.3, -0.25) is 9.78 Å². The summed E-state index contributed by atoms with van der Waals surface area (Å²) in [6, 6.07) is 0. The van der Waals surface area contributed by atoms with Crippen LogP contribution >= 0.6 is 0 Å². The predicted octanol–water partition coefficient (Wildman–Crippen LogP) is 0.902. The number of morpholine rings is 1. The van der Waals surface area contributed by atoms with Gasteiger partial charge in [-0.05, 0) is 0 Å². The molecule has 0 unspecified atom stereocenters. The van der Waals surface area contributed by atoms with Crippen molar-refractivity contribution in [3.05, 3.63) is 36.3 Å². The second-order valence-corrected chi connectivity index (χ2v) is 6.18. The molecular weight excluding hydrogens is 320 g/mol. The maximum absolute atomic E-state index is 12.7. The molecule has 0 saturated carbocycles. The summed E-state index contributed by atoms with van der Waals surface area (Å²) in [5.41, 5.74) is 0.766. The minimum Gasteiger partial charge on any atom is -0.368 e. The van der Waals surface area contributed by atoms with Crippen LogP contribution in [-0.2, 0) is 22.5 Å². The number of anilines is 1. The normalized spacial score (nSPS) is 17.6. The molecule has 8 heteroatoms. The number of hydrogen-bond donors (Lipinski definition) is 0. The Balaban J connectivity index is 1.72. The molecule has 134 valence electrons. The van der Waals surface area contributed by atoms with E-state index in [9.17, 15) is 4.79 Å². The molecule has 3 rings (SSSR count). The topological polar surface area (TPSA) is 76.4 Å². The molecule has 3 heterocycles. The molecule has 0 aliphatic carbocycles. The highest BCUT2D eigenvalue weighted by atomic mass is 16.5. The van der Waals surface area contributed by atoms with E-state index in [0.717, 1.165) is 23.8 Å². The Morgan fingerprint density at radius 3 is 2.84 bits per heavy atom. The molecule has 1 aliphatic rings. The van der Waals surface area contributed by atoms with Gasteiger partial charge >= 0.3 is 0 Å². The third-order valence-corrected chi connectivity index (χ3v) is 4.28. The number of hydrogen-bond acceptors (Lipinski definition) is 6. The molecule has 2 aromatic rings. The highest BCUT2D eigenvalue weighted by molar-refractivity contribution is 5.76. The van der Waals surface area contributed by atoms with Crippen LogP contribution in [0.25, 0.3) is 0 Å². The first kappa shape index (κ1) is 17.3. The van der Waals surface area contributed by atoms with Crippen molar-refractivity contribution in [1.82, 2.24) is 24.4 Å². The number of amides is 1. The lowest BCUT2D eigenvalue weighted by molar-refractivity contribution is -0.139. The van der Waals surface area contributed by atoms with Crippen molar-refractivity contribution in [3.63, 3.8) is 0 Å². The van der Waals surface area contributed by atoms with Crippen molar-refractivity contribution in [2.24, 2.45) is 0 Å². The molecule has 1 amide bonds. The molecule has 25 heavy (non-hydrogen) atoms. The maximum atomic E-state index is 12.7. The van der Waals surface area contributed by atoms with Crippen LogP contribution in [0.15, 0.2) is 24.8 Å². The van der Waals surface area contributed by atoms with Crippen molar-refractivity contribution in [2.45, 2.75) is 26.0 Å². The van der Waals surface area contributed by atoms with Crippen LogP contribution in [0.2, 0.25) is 0 Å². The van der Waals surface area contributed by atoms with Gasteiger partial charge in [0.1, 0.15) is 24.2 Å². The SMILES string of the molecule is CCc1nccn1CC(=O)N1CCO[C@@H](c2nccnc2N(C)C)C1. The second kappa shape index (κ2) is 7.60.